The summed E-state index contributed by atoms with van der Waals surface area (Å²) in [6, 6.07) is 5.16. The van der Waals surface area contributed by atoms with Crippen LogP contribution >= 0.6 is 23.2 Å². The van der Waals surface area contributed by atoms with E-state index in [9.17, 15) is 9.59 Å². The van der Waals surface area contributed by atoms with Gasteiger partial charge in [-0.1, -0.05) is 29.3 Å². The smallest absolute Gasteiger partial charge is 0.247 e. The number of carbonyl (C=O) groups excluding carboxylic acids is 2. The second kappa shape index (κ2) is 8.81. The van der Waals surface area contributed by atoms with Crippen molar-refractivity contribution >= 4 is 41.1 Å². The number of hydrogen-bond donors (Lipinski definition) is 1. The molecule has 0 aliphatic carbocycles. The number of hydrogen-bond acceptors (Lipinski definition) is 2. The Bertz CT molecular complexity index is 571. The number of benzene rings is 1. The maximum absolute atomic E-state index is 12.1. The van der Waals surface area contributed by atoms with Gasteiger partial charge in [-0.25, -0.2) is 0 Å². The van der Waals surface area contributed by atoms with E-state index in [0.717, 1.165) is 5.56 Å². The maximum atomic E-state index is 12.1. The molecule has 0 spiro atoms. The lowest BCUT2D eigenvalue weighted by atomic mass is 10.2. The van der Waals surface area contributed by atoms with Crippen molar-refractivity contribution in [3.05, 3.63) is 39.9 Å². The number of likely N-dealkylation sites (N-methyl/N-ethyl adjacent to an activating group) is 1. The van der Waals surface area contributed by atoms with E-state index in [1.807, 2.05) is 20.8 Å². The van der Waals surface area contributed by atoms with Crippen LogP contribution in [0.4, 0.5) is 0 Å². The van der Waals surface area contributed by atoms with Gasteiger partial charge in [0.05, 0.1) is 16.6 Å². The molecule has 0 unspecified atom stereocenters. The molecule has 0 aliphatic heterocycles. The molecule has 0 aromatic heterocycles. The summed E-state index contributed by atoms with van der Waals surface area (Å²) in [6.45, 7) is 6.07. The fraction of sp³-hybridized carbons (Fsp3) is 0.375. The molecule has 4 nitrogen and oxygen atoms in total. The van der Waals surface area contributed by atoms with Crippen molar-refractivity contribution in [2.45, 2.75) is 26.8 Å². The molecule has 0 heterocycles. The highest BCUT2D eigenvalue weighted by molar-refractivity contribution is 6.42. The minimum absolute atomic E-state index is 0.0409. The maximum Gasteiger partial charge on any atom is 0.247 e. The number of nitrogens with one attached hydrogen (secondary N) is 1. The molecular formula is C16H20Cl2N2O2. The Balaban J connectivity index is 2.69. The summed E-state index contributed by atoms with van der Waals surface area (Å²) in [5.74, 6) is -0.402. The van der Waals surface area contributed by atoms with Crippen molar-refractivity contribution in [2.75, 3.05) is 13.1 Å². The van der Waals surface area contributed by atoms with Crippen LogP contribution in [0, 0.1) is 0 Å². The fourth-order valence-electron chi connectivity index (χ4n) is 1.78. The van der Waals surface area contributed by atoms with Crippen LogP contribution < -0.4 is 5.32 Å². The van der Waals surface area contributed by atoms with Crippen LogP contribution in [-0.4, -0.2) is 35.8 Å². The van der Waals surface area contributed by atoms with Crippen molar-refractivity contribution in [1.29, 1.82) is 0 Å². The number of rotatable bonds is 6. The van der Waals surface area contributed by atoms with Gasteiger partial charge in [0.2, 0.25) is 11.8 Å². The third kappa shape index (κ3) is 6.08. The van der Waals surface area contributed by atoms with Gasteiger partial charge in [-0.05, 0) is 44.5 Å². The predicted molar refractivity (Wildman–Crippen MR) is 91.0 cm³/mol. The van der Waals surface area contributed by atoms with Gasteiger partial charge in [0, 0.05) is 18.7 Å². The topological polar surface area (TPSA) is 49.4 Å². The van der Waals surface area contributed by atoms with Crippen molar-refractivity contribution < 1.29 is 9.59 Å². The second-order valence-corrected chi connectivity index (χ2v) is 5.90. The summed E-state index contributed by atoms with van der Waals surface area (Å²) in [7, 11) is 0. The van der Waals surface area contributed by atoms with Crippen molar-refractivity contribution in [1.82, 2.24) is 10.2 Å². The van der Waals surface area contributed by atoms with Gasteiger partial charge in [0.15, 0.2) is 0 Å². The fourth-order valence-corrected chi connectivity index (χ4v) is 2.08. The second-order valence-electron chi connectivity index (χ2n) is 5.08. The number of amides is 2. The molecule has 0 fully saturated rings. The standard InChI is InChI=1S/C16H20Cl2N2O2/c1-4-20(10-15(21)19-11(2)3)16(22)8-6-12-5-7-13(17)14(18)9-12/h5-9,11H,4,10H2,1-3H3,(H,19,21)/b8-6+. The van der Waals surface area contributed by atoms with Gasteiger partial charge in [0.25, 0.3) is 0 Å². The molecule has 1 N–H and O–H groups in total. The lowest BCUT2D eigenvalue weighted by molar-refractivity contribution is -0.132. The van der Waals surface area contributed by atoms with Gasteiger partial charge in [-0.15, -0.1) is 0 Å². The number of nitrogens with zero attached hydrogens (tertiary/aromatic N) is 1. The largest absolute Gasteiger partial charge is 0.352 e. The molecule has 0 aliphatic rings. The van der Waals surface area contributed by atoms with Crippen LogP contribution in [0.1, 0.15) is 26.3 Å². The highest BCUT2D eigenvalue weighted by atomic mass is 35.5. The molecular weight excluding hydrogens is 323 g/mol. The van der Waals surface area contributed by atoms with E-state index in [1.54, 1.807) is 24.3 Å². The zero-order valence-corrected chi connectivity index (χ0v) is 14.4. The Kier molecular flexibility index (Phi) is 7.42. The Morgan fingerprint density at radius 2 is 1.95 bits per heavy atom. The number of carbonyl (C=O) groups is 2. The van der Waals surface area contributed by atoms with E-state index in [0.29, 0.717) is 16.6 Å². The molecule has 0 bridgehead atoms. The van der Waals surface area contributed by atoms with Crippen LogP contribution in [-0.2, 0) is 9.59 Å². The van der Waals surface area contributed by atoms with Gasteiger partial charge in [-0.2, -0.15) is 0 Å². The first-order valence-corrected chi connectivity index (χ1v) is 7.80. The Morgan fingerprint density at radius 3 is 2.50 bits per heavy atom. The highest BCUT2D eigenvalue weighted by Crippen LogP contribution is 2.23. The summed E-state index contributed by atoms with van der Waals surface area (Å²) < 4.78 is 0. The van der Waals surface area contributed by atoms with Crippen LogP contribution in [0.25, 0.3) is 6.08 Å². The monoisotopic (exact) mass is 342 g/mol. The zero-order valence-electron chi connectivity index (χ0n) is 12.9. The summed E-state index contributed by atoms with van der Waals surface area (Å²) in [5, 5.41) is 3.65. The first-order valence-electron chi connectivity index (χ1n) is 7.05. The van der Waals surface area contributed by atoms with E-state index < -0.39 is 0 Å². The Labute approximate surface area is 141 Å². The summed E-state index contributed by atoms with van der Waals surface area (Å²) in [5.41, 5.74) is 0.769. The summed E-state index contributed by atoms with van der Waals surface area (Å²) in [4.78, 5) is 25.3. The van der Waals surface area contributed by atoms with Crippen LogP contribution in [0.15, 0.2) is 24.3 Å². The lowest BCUT2D eigenvalue weighted by Crippen LogP contribution is -2.42. The predicted octanol–water partition coefficient (Wildman–Crippen LogP) is 3.38. The molecule has 1 aromatic rings. The van der Waals surface area contributed by atoms with Crippen molar-refractivity contribution in [2.24, 2.45) is 0 Å². The first-order chi connectivity index (χ1) is 10.3. The van der Waals surface area contributed by atoms with E-state index in [1.165, 1.54) is 11.0 Å². The Hall–Kier alpha value is -1.52. The third-order valence-electron chi connectivity index (χ3n) is 2.84. The minimum Gasteiger partial charge on any atom is -0.352 e. The van der Waals surface area contributed by atoms with E-state index >= 15 is 0 Å². The Morgan fingerprint density at radius 1 is 1.27 bits per heavy atom. The highest BCUT2D eigenvalue weighted by Gasteiger charge is 2.13. The van der Waals surface area contributed by atoms with Crippen LogP contribution in [0.3, 0.4) is 0 Å². The van der Waals surface area contributed by atoms with Gasteiger partial charge in [-0.3, -0.25) is 9.59 Å². The molecule has 0 radical (unpaired) electrons. The normalized spacial score (nSPS) is 11.0. The molecule has 2 amide bonds. The quantitative estimate of drug-likeness (QED) is 0.805. The molecule has 1 rings (SSSR count). The number of halogens is 2. The van der Waals surface area contributed by atoms with Crippen molar-refractivity contribution in [3.63, 3.8) is 0 Å². The van der Waals surface area contributed by atoms with E-state index in [-0.39, 0.29) is 24.4 Å². The molecule has 6 heteroatoms. The SMILES string of the molecule is CCN(CC(=O)NC(C)C)C(=O)/C=C/c1ccc(Cl)c(Cl)c1. The molecule has 0 atom stereocenters. The van der Waals surface area contributed by atoms with Gasteiger partial charge < -0.3 is 10.2 Å². The van der Waals surface area contributed by atoms with Gasteiger partial charge in [0.1, 0.15) is 0 Å². The average Bonchev–Trinajstić information content (AvgIpc) is 2.44. The molecule has 1 aromatic carbocycles. The molecule has 0 saturated heterocycles. The van der Waals surface area contributed by atoms with Crippen LogP contribution in [0.5, 0.6) is 0 Å². The molecule has 0 saturated carbocycles. The van der Waals surface area contributed by atoms with E-state index in [4.69, 9.17) is 23.2 Å². The van der Waals surface area contributed by atoms with Crippen LogP contribution in [0.2, 0.25) is 10.0 Å². The zero-order chi connectivity index (χ0) is 16.7. The molecule has 22 heavy (non-hydrogen) atoms. The van der Waals surface area contributed by atoms with Gasteiger partial charge >= 0.3 is 0 Å². The first kappa shape index (κ1) is 18.5. The average molecular weight is 343 g/mol. The summed E-state index contributed by atoms with van der Waals surface area (Å²) in [6.07, 6.45) is 3.07. The van der Waals surface area contributed by atoms with Crippen molar-refractivity contribution in [3.8, 4) is 0 Å². The lowest BCUT2D eigenvalue weighted by Gasteiger charge is -2.19. The van der Waals surface area contributed by atoms with E-state index in [2.05, 4.69) is 5.32 Å². The summed E-state index contributed by atoms with van der Waals surface area (Å²) >= 11 is 11.8. The third-order valence-corrected chi connectivity index (χ3v) is 3.58. The molecule has 120 valence electrons. The minimum atomic E-state index is -0.229.